The molecule has 2 rings (SSSR count). The predicted octanol–water partition coefficient (Wildman–Crippen LogP) is 2.02. The molecule has 1 fully saturated rings. The van der Waals surface area contributed by atoms with E-state index < -0.39 is 5.60 Å². The molecular formula is C15H21ClN2O3. The van der Waals surface area contributed by atoms with Gasteiger partial charge in [0, 0.05) is 18.4 Å². The van der Waals surface area contributed by atoms with Gasteiger partial charge in [-0.3, -0.25) is 9.59 Å². The molecule has 0 bridgehead atoms. The molecule has 1 aromatic carbocycles. The molecule has 1 heterocycles. The van der Waals surface area contributed by atoms with E-state index in [9.17, 15) is 9.59 Å². The van der Waals surface area contributed by atoms with Crippen molar-refractivity contribution >= 4 is 29.8 Å². The first kappa shape index (κ1) is 17.6. The monoisotopic (exact) mass is 312 g/mol. The lowest BCUT2D eigenvalue weighted by atomic mass is 9.91. The number of hydrogen-bond donors (Lipinski definition) is 2. The molecule has 0 aromatic heterocycles. The Morgan fingerprint density at radius 1 is 1.29 bits per heavy atom. The molecule has 1 amide bonds. The van der Waals surface area contributed by atoms with E-state index in [0.717, 1.165) is 13.1 Å². The second-order valence-electron chi connectivity index (χ2n) is 5.04. The lowest BCUT2D eigenvalue weighted by Gasteiger charge is -2.34. The van der Waals surface area contributed by atoms with E-state index in [-0.39, 0.29) is 24.1 Å². The maximum absolute atomic E-state index is 12.5. The van der Waals surface area contributed by atoms with Crippen molar-refractivity contribution < 1.29 is 14.3 Å². The summed E-state index contributed by atoms with van der Waals surface area (Å²) in [5, 5.41) is 6.07. The standard InChI is InChI=1S/C15H20N2O3.ClH/c1-11(18)12-4-3-5-13(10-12)17-14(19)15(20-2)6-8-16-9-7-15;/h3-5,10,16H,6-9H2,1-2H3,(H,17,19);1H. The number of rotatable bonds is 4. The number of carbonyl (C=O) groups excluding carboxylic acids is 2. The van der Waals surface area contributed by atoms with Gasteiger partial charge >= 0.3 is 0 Å². The third-order valence-electron chi connectivity index (χ3n) is 3.74. The van der Waals surface area contributed by atoms with Gasteiger partial charge in [0.15, 0.2) is 5.78 Å². The summed E-state index contributed by atoms with van der Waals surface area (Å²) in [5.41, 5.74) is 0.425. The van der Waals surface area contributed by atoms with Crippen LogP contribution in [0.15, 0.2) is 24.3 Å². The average Bonchev–Trinajstić information content (AvgIpc) is 2.48. The van der Waals surface area contributed by atoms with Crippen LogP contribution in [0.5, 0.6) is 0 Å². The van der Waals surface area contributed by atoms with Crippen LogP contribution in [0, 0.1) is 0 Å². The van der Waals surface area contributed by atoms with Crippen molar-refractivity contribution in [3.05, 3.63) is 29.8 Å². The van der Waals surface area contributed by atoms with Crippen LogP contribution in [-0.4, -0.2) is 37.5 Å². The summed E-state index contributed by atoms with van der Waals surface area (Å²) in [5.74, 6) is -0.174. The van der Waals surface area contributed by atoms with Gasteiger partial charge < -0.3 is 15.4 Å². The number of Topliss-reactive ketones (excluding diaryl/α,β-unsaturated/α-hetero) is 1. The van der Waals surface area contributed by atoms with Crippen LogP contribution in [0.2, 0.25) is 0 Å². The van der Waals surface area contributed by atoms with E-state index in [1.807, 2.05) is 0 Å². The molecular weight excluding hydrogens is 292 g/mol. The zero-order valence-corrected chi connectivity index (χ0v) is 13.1. The van der Waals surface area contributed by atoms with Gasteiger partial charge in [-0.05, 0) is 45.0 Å². The lowest BCUT2D eigenvalue weighted by Crippen LogP contribution is -2.51. The molecule has 6 heteroatoms. The van der Waals surface area contributed by atoms with E-state index >= 15 is 0 Å². The van der Waals surface area contributed by atoms with Gasteiger partial charge in [-0.25, -0.2) is 0 Å². The van der Waals surface area contributed by atoms with Gasteiger partial charge in [-0.15, -0.1) is 12.4 Å². The number of anilines is 1. The summed E-state index contributed by atoms with van der Waals surface area (Å²) in [4.78, 5) is 23.8. The minimum Gasteiger partial charge on any atom is -0.368 e. The van der Waals surface area contributed by atoms with Gasteiger partial charge in [-0.2, -0.15) is 0 Å². The highest BCUT2D eigenvalue weighted by molar-refractivity contribution is 5.99. The van der Waals surface area contributed by atoms with E-state index in [1.54, 1.807) is 31.4 Å². The van der Waals surface area contributed by atoms with Gasteiger partial charge in [-0.1, -0.05) is 12.1 Å². The third kappa shape index (κ3) is 4.03. The molecule has 116 valence electrons. The summed E-state index contributed by atoms with van der Waals surface area (Å²) < 4.78 is 5.47. The zero-order chi connectivity index (χ0) is 14.6. The summed E-state index contributed by atoms with van der Waals surface area (Å²) >= 11 is 0. The third-order valence-corrected chi connectivity index (χ3v) is 3.74. The molecule has 1 aliphatic heterocycles. The van der Waals surface area contributed by atoms with Crippen molar-refractivity contribution in [3.8, 4) is 0 Å². The molecule has 0 radical (unpaired) electrons. The van der Waals surface area contributed by atoms with Crippen LogP contribution in [0.25, 0.3) is 0 Å². The molecule has 21 heavy (non-hydrogen) atoms. The fourth-order valence-electron chi connectivity index (χ4n) is 2.42. The predicted molar refractivity (Wildman–Crippen MR) is 84.2 cm³/mol. The molecule has 2 N–H and O–H groups in total. The first-order valence-corrected chi connectivity index (χ1v) is 6.76. The van der Waals surface area contributed by atoms with Crippen LogP contribution in [0.1, 0.15) is 30.1 Å². The summed E-state index contributed by atoms with van der Waals surface area (Å²) in [6, 6.07) is 6.95. The Hall–Kier alpha value is -1.43. The average molecular weight is 313 g/mol. The number of ether oxygens (including phenoxy) is 1. The normalized spacial score (nSPS) is 16.7. The number of ketones is 1. The second-order valence-corrected chi connectivity index (χ2v) is 5.04. The van der Waals surface area contributed by atoms with Crippen LogP contribution >= 0.6 is 12.4 Å². The Kier molecular flexibility index (Phi) is 6.33. The van der Waals surface area contributed by atoms with Gasteiger partial charge in [0.05, 0.1) is 0 Å². The quantitative estimate of drug-likeness (QED) is 0.835. The van der Waals surface area contributed by atoms with Gasteiger partial charge in [0.25, 0.3) is 5.91 Å². The smallest absolute Gasteiger partial charge is 0.256 e. The number of halogens is 1. The highest BCUT2D eigenvalue weighted by Crippen LogP contribution is 2.24. The fourth-order valence-corrected chi connectivity index (χ4v) is 2.42. The second kappa shape index (κ2) is 7.54. The largest absolute Gasteiger partial charge is 0.368 e. The lowest BCUT2D eigenvalue weighted by molar-refractivity contribution is -0.140. The molecule has 0 atom stereocenters. The number of benzene rings is 1. The molecule has 0 saturated carbocycles. The molecule has 1 saturated heterocycles. The Labute approximate surface area is 130 Å². The Bertz CT molecular complexity index is 513. The number of carbonyl (C=O) groups is 2. The van der Waals surface area contributed by atoms with Gasteiger partial charge in [0.1, 0.15) is 5.60 Å². The molecule has 0 aliphatic carbocycles. The van der Waals surface area contributed by atoms with Crippen LogP contribution in [-0.2, 0) is 9.53 Å². The van der Waals surface area contributed by atoms with E-state index in [0.29, 0.717) is 24.1 Å². The Morgan fingerprint density at radius 3 is 2.52 bits per heavy atom. The molecule has 1 aliphatic rings. The highest BCUT2D eigenvalue weighted by Gasteiger charge is 2.39. The summed E-state index contributed by atoms with van der Waals surface area (Å²) in [7, 11) is 1.57. The van der Waals surface area contributed by atoms with Crippen molar-refractivity contribution in [3.63, 3.8) is 0 Å². The van der Waals surface area contributed by atoms with Crippen molar-refractivity contribution in [2.45, 2.75) is 25.4 Å². The minimum absolute atomic E-state index is 0. The van der Waals surface area contributed by atoms with E-state index in [2.05, 4.69) is 10.6 Å². The van der Waals surface area contributed by atoms with Crippen LogP contribution < -0.4 is 10.6 Å². The zero-order valence-electron chi connectivity index (χ0n) is 12.3. The fraction of sp³-hybridized carbons (Fsp3) is 0.467. The minimum atomic E-state index is -0.780. The van der Waals surface area contributed by atoms with Crippen molar-refractivity contribution in [2.75, 3.05) is 25.5 Å². The van der Waals surface area contributed by atoms with E-state index in [1.165, 1.54) is 6.92 Å². The Balaban J connectivity index is 0.00000220. The van der Waals surface area contributed by atoms with Crippen molar-refractivity contribution in [1.29, 1.82) is 0 Å². The highest BCUT2D eigenvalue weighted by atomic mass is 35.5. The first-order chi connectivity index (χ1) is 9.57. The number of hydrogen-bond acceptors (Lipinski definition) is 4. The first-order valence-electron chi connectivity index (χ1n) is 6.76. The Morgan fingerprint density at radius 2 is 1.95 bits per heavy atom. The summed E-state index contributed by atoms with van der Waals surface area (Å²) in [6.45, 7) is 3.02. The van der Waals surface area contributed by atoms with Gasteiger partial charge in [0.2, 0.25) is 0 Å². The van der Waals surface area contributed by atoms with Crippen LogP contribution in [0.4, 0.5) is 5.69 Å². The molecule has 0 spiro atoms. The number of nitrogens with one attached hydrogen (secondary N) is 2. The SMILES string of the molecule is COC1(C(=O)Nc2cccc(C(C)=O)c2)CCNCC1.Cl. The van der Waals surface area contributed by atoms with Crippen molar-refractivity contribution in [2.24, 2.45) is 0 Å². The molecule has 5 nitrogen and oxygen atoms in total. The van der Waals surface area contributed by atoms with Crippen molar-refractivity contribution in [1.82, 2.24) is 5.32 Å². The number of amides is 1. The van der Waals surface area contributed by atoms with E-state index in [4.69, 9.17) is 4.74 Å². The molecule has 0 unspecified atom stereocenters. The van der Waals surface area contributed by atoms with Crippen LogP contribution in [0.3, 0.4) is 0 Å². The maximum atomic E-state index is 12.5. The maximum Gasteiger partial charge on any atom is 0.256 e. The number of methoxy groups -OCH3 is 1. The topological polar surface area (TPSA) is 67.4 Å². The number of piperidine rings is 1. The summed E-state index contributed by atoms with van der Waals surface area (Å²) in [6.07, 6.45) is 1.28. The molecule has 1 aromatic rings.